The highest BCUT2D eigenvalue weighted by Gasteiger charge is 2.28. The lowest BCUT2D eigenvalue weighted by Crippen LogP contribution is -2.32. The van der Waals surface area contributed by atoms with Gasteiger partial charge in [-0.2, -0.15) is 0 Å². The fraction of sp³-hybridized carbons (Fsp3) is 0.500. The molecule has 6 N–H and O–H groups in total. The van der Waals surface area contributed by atoms with E-state index in [9.17, 15) is 10.2 Å². The molecule has 0 bridgehead atoms. The zero-order valence-corrected chi connectivity index (χ0v) is 9.87. The Bertz CT molecular complexity index is 399. The summed E-state index contributed by atoms with van der Waals surface area (Å²) < 4.78 is 0. The zero-order valence-electron chi connectivity index (χ0n) is 9.87. The third-order valence-electron chi connectivity index (χ3n) is 3.22. The predicted molar refractivity (Wildman–Crippen MR) is 67.7 cm³/mol. The van der Waals surface area contributed by atoms with Crippen LogP contribution in [-0.4, -0.2) is 35.4 Å². The van der Waals surface area contributed by atoms with Crippen molar-refractivity contribution in [2.45, 2.75) is 25.2 Å². The van der Waals surface area contributed by atoms with Crippen LogP contribution in [0.3, 0.4) is 0 Å². The van der Waals surface area contributed by atoms with Crippen LogP contribution in [0.2, 0.25) is 0 Å². The first-order valence-corrected chi connectivity index (χ1v) is 5.75. The summed E-state index contributed by atoms with van der Waals surface area (Å²) in [6, 6.07) is 5.28. The summed E-state index contributed by atoms with van der Waals surface area (Å²) in [7, 11) is 0. The SMILES string of the molecule is CC(O)c1cc(N2CC(N)C(O)C2)ccc1N. The van der Waals surface area contributed by atoms with Crippen molar-refractivity contribution in [2.24, 2.45) is 5.73 Å². The molecular formula is C12H19N3O2. The maximum atomic E-state index is 9.62. The summed E-state index contributed by atoms with van der Waals surface area (Å²) in [5.74, 6) is 0. The van der Waals surface area contributed by atoms with Crippen LogP contribution < -0.4 is 16.4 Å². The smallest absolute Gasteiger partial charge is 0.0882 e. The summed E-state index contributed by atoms with van der Waals surface area (Å²) in [4.78, 5) is 2.00. The van der Waals surface area contributed by atoms with Crippen molar-refractivity contribution < 1.29 is 10.2 Å². The average Bonchev–Trinajstić information content (AvgIpc) is 2.59. The van der Waals surface area contributed by atoms with E-state index in [2.05, 4.69) is 0 Å². The lowest BCUT2D eigenvalue weighted by atomic mass is 10.1. The Labute approximate surface area is 101 Å². The van der Waals surface area contributed by atoms with Gasteiger partial charge in [-0.25, -0.2) is 0 Å². The second kappa shape index (κ2) is 4.52. The molecule has 2 rings (SSSR count). The summed E-state index contributed by atoms with van der Waals surface area (Å²) in [5, 5.41) is 19.2. The maximum Gasteiger partial charge on any atom is 0.0882 e. The number of benzene rings is 1. The Morgan fingerprint density at radius 2 is 2.12 bits per heavy atom. The zero-order chi connectivity index (χ0) is 12.6. The van der Waals surface area contributed by atoms with E-state index in [0.717, 1.165) is 5.69 Å². The van der Waals surface area contributed by atoms with E-state index in [-0.39, 0.29) is 6.04 Å². The molecule has 5 nitrogen and oxygen atoms in total. The molecule has 0 aliphatic carbocycles. The number of hydrogen-bond donors (Lipinski definition) is 4. The molecule has 0 amide bonds. The Kier molecular flexibility index (Phi) is 3.24. The maximum absolute atomic E-state index is 9.62. The number of rotatable bonds is 2. The molecule has 0 spiro atoms. The second-order valence-electron chi connectivity index (χ2n) is 4.63. The molecule has 0 saturated carbocycles. The van der Waals surface area contributed by atoms with Crippen molar-refractivity contribution in [3.05, 3.63) is 23.8 Å². The normalized spacial score (nSPS) is 26.2. The van der Waals surface area contributed by atoms with Crippen LogP contribution in [0.5, 0.6) is 0 Å². The van der Waals surface area contributed by atoms with Gasteiger partial charge in [0.15, 0.2) is 0 Å². The fourth-order valence-corrected chi connectivity index (χ4v) is 2.14. The number of β-amino-alcohol motifs (C(OH)–C–C–N with tert-alkyl or cyclic N) is 1. The highest BCUT2D eigenvalue weighted by molar-refractivity contribution is 5.59. The lowest BCUT2D eigenvalue weighted by Gasteiger charge is -2.20. The monoisotopic (exact) mass is 237 g/mol. The number of nitrogens with two attached hydrogens (primary N) is 2. The van der Waals surface area contributed by atoms with E-state index in [1.165, 1.54) is 0 Å². The molecule has 0 radical (unpaired) electrons. The molecule has 17 heavy (non-hydrogen) atoms. The van der Waals surface area contributed by atoms with Crippen molar-refractivity contribution >= 4 is 11.4 Å². The predicted octanol–water partition coefficient (Wildman–Crippen LogP) is -0.170. The van der Waals surface area contributed by atoms with E-state index in [1.807, 2.05) is 17.0 Å². The van der Waals surface area contributed by atoms with Gasteiger partial charge in [0.25, 0.3) is 0 Å². The van der Waals surface area contributed by atoms with E-state index < -0.39 is 12.2 Å². The van der Waals surface area contributed by atoms with Gasteiger partial charge >= 0.3 is 0 Å². The molecule has 94 valence electrons. The van der Waals surface area contributed by atoms with Crippen LogP contribution in [0.15, 0.2) is 18.2 Å². The Morgan fingerprint density at radius 1 is 1.41 bits per heavy atom. The summed E-state index contributed by atoms with van der Waals surface area (Å²) in [5.41, 5.74) is 13.8. The first kappa shape index (κ1) is 12.2. The number of aliphatic hydroxyl groups is 2. The number of anilines is 2. The number of nitrogen functional groups attached to an aromatic ring is 1. The Morgan fingerprint density at radius 3 is 2.65 bits per heavy atom. The van der Waals surface area contributed by atoms with E-state index in [4.69, 9.17) is 11.5 Å². The Balaban J connectivity index is 2.25. The van der Waals surface area contributed by atoms with Gasteiger partial charge in [0, 0.05) is 36.1 Å². The number of nitrogens with zero attached hydrogens (tertiary/aromatic N) is 1. The van der Waals surface area contributed by atoms with Crippen molar-refractivity contribution in [3.8, 4) is 0 Å². The lowest BCUT2D eigenvalue weighted by molar-refractivity contribution is 0.180. The van der Waals surface area contributed by atoms with Crippen LogP contribution in [-0.2, 0) is 0 Å². The molecule has 1 heterocycles. The van der Waals surface area contributed by atoms with E-state index in [1.54, 1.807) is 13.0 Å². The van der Waals surface area contributed by atoms with Crippen LogP contribution >= 0.6 is 0 Å². The topological polar surface area (TPSA) is 95.7 Å². The molecular weight excluding hydrogens is 218 g/mol. The van der Waals surface area contributed by atoms with Crippen molar-refractivity contribution in [3.63, 3.8) is 0 Å². The van der Waals surface area contributed by atoms with Gasteiger partial charge < -0.3 is 26.6 Å². The van der Waals surface area contributed by atoms with Gasteiger partial charge in [0.05, 0.1) is 12.2 Å². The van der Waals surface area contributed by atoms with Crippen molar-refractivity contribution in [1.82, 2.24) is 0 Å². The molecule has 1 aliphatic rings. The van der Waals surface area contributed by atoms with Gasteiger partial charge in [0.2, 0.25) is 0 Å². The van der Waals surface area contributed by atoms with Gasteiger partial charge in [-0.3, -0.25) is 0 Å². The summed E-state index contributed by atoms with van der Waals surface area (Å²) >= 11 is 0. The molecule has 0 aromatic heterocycles. The van der Waals surface area contributed by atoms with Gasteiger partial charge in [-0.1, -0.05) is 0 Å². The van der Waals surface area contributed by atoms with Gasteiger partial charge in [0.1, 0.15) is 0 Å². The molecule has 1 aromatic rings. The van der Waals surface area contributed by atoms with Crippen molar-refractivity contribution in [1.29, 1.82) is 0 Å². The average molecular weight is 237 g/mol. The molecule has 1 aromatic carbocycles. The highest BCUT2D eigenvalue weighted by Crippen LogP contribution is 2.28. The van der Waals surface area contributed by atoms with Crippen LogP contribution in [0, 0.1) is 0 Å². The second-order valence-corrected chi connectivity index (χ2v) is 4.63. The molecule has 1 aliphatic heterocycles. The van der Waals surface area contributed by atoms with Gasteiger partial charge in [-0.05, 0) is 25.1 Å². The van der Waals surface area contributed by atoms with E-state index >= 15 is 0 Å². The third-order valence-corrected chi connectivity index (χ3v) is 3.22. The molecule has 1 saturated heterocycles. The standard InChI is InChI=1S/C12H19N3O2/c1-7(16)9-4-8(2-3-10(9)13)15-5-11(14)12(17)6-15/h2-4,7,11-12,16-17H,5-6,13-14H2,1H3. The summed E-state index contributed by atoms with van der Waals surface area (Å²) in [6.45, 7) is 2.81. The largest absolute Gasteiger partial charge is 0.398 e. The van der Waals surface area contributed by atoms with Crippen LogP contribution in [0.1, 0.15) is 18.6 Å². The minimum atomic E-state index is -0.601. The van der Waals surface area contributed by atoms with Crippen LogP contribution in [0.4, 0.5) is 11.4 Å². The minimum Gasteiger partial charge on any atom is -0.398 e. The quantitative estimate of drug-likeness (QED) is 0.536. The molecule has 3 atom stereocenters. The fourth-order valence-electron chi connectivity index (χ4n) is 2.14. The molecule has 1 fully saturated rings. The first-order valence-electron chi connectivity index (χ1n) is 5.75. The Hall–Kier alpha value is -1.30. The third kappa shape index (κ3) is 2.36. The number of aliphatic hydroxyl groups excluding tert-OH is 2. The van der Waals surface area contributed by atoms with Crippen LogP contribution in [0.25, 0.3) is 0 Å². The minimum absolute atomic E-state index is 0.220. The highest BCUT2D eigenvalue weighted by atomic mass is 16.3. The number of hydrogen-bond acceptors (Lipinski definition) is 5. The van der Waals surface area contributed by atoms with Crippen molar-refractivity contribution in [2.75, 3.05) is 23.7 Å². The van der Waals surface area contributed by atoms with E-state index in [0.29, 0.717) is 24.3 Å². The summed E-state index contributed by atoms with van der Waals surface area (Å²) in [6.07, 6.45) is -1.10. The van der Waals surface area contributed by atoms with Gasteiger partial charge in [-0.15, -0.1) is 0 Å². The first-order chi connectivity index (χ1) is 7.99. The molecule has 5 heteroatoms. The molecule has 3 unspecified atom stereocenters.